The fraction of sp³-hybridized carbons (Fsp3) is 0.360. The van der Waals surface area contributed by atoms with E-state index < -0.39 is 15.9 Å². The Kier molecular flexibility index (Phi) is 6.83. The molecule has 2 heterocycles. The van der Waals surface area contributed by atoms with Crippen LogP contribution in [-0.4, -0.2) is 48.5 Å². The molecule has 0 saturated carbocycles. The van der Waals surface area contributed by atoms with Crippen molar-refractivity contribution in [2.45, 2.75) is 39.3 Å². The molecule has 0 unspecified atom stereocenters. The summed E-state index contributed by atoms with van der Waals surface area (Å²) in [6.45, 7) is 4.95. The van der Waals surface area contributed by atoms with Gasteiger partial charge in [-0.2, -0.15) is 0 Å². The second-order valence-corrected chi connectivity index (χ2v) is 10.7. The molecule has 8 heteroatoms. The van der Waals surface area contributed by atoms with Crippen LogP contribution in [0.2, 0.25) is 0 Å². The number of ether oxygens (including phenoxy) is 1. The molecule has 1 aliphatic rings. The first-order valence-electron chi connectivity index (χ1n) is 11.1. The maximum absolute atomic E-state index is 13.4. The highest BCUT2D eigenvalue weighted by Crippen LogP contribution is 2.26. The highest BCUT2D eigenvalue weighted by atomic mass is 32.2. The topological polar surface area (TPSA) is 89.7 Å². The lowest BCUT2D eigenvalue weighted by molar-refractivity contribution is 0.0670. The van der Waals surface area contributed by atoms with E-state index in [1.807, 2.05) is 62.4 Å². The third-order valence-corrected chi connectivity index (χ3v) is 7.47. The summed E-state index contributed by atoms with van der Waals surface area (Å²) in [5.74, 6) is 0.957. The molecule has 33 heavy (non-hydrogen) atoms. The molecule has 4 rings (SSSR count). The molecule has 3 aromatic rings. The summed E-state index contributed by atoms with van der Waals surface area (Å²) in [5, 5.41) is 4.00. The van der Waals surface area contributed by atoms with Gasteiger partial charge in [0.2, 0.25) is 0 Å². The summed E-state index contributed by atoms with van der Waals surface area (Å²) >= 11 is 0. The molecule has 1 aromatic heterocycles. The monoisotopic (exact) mass is 468 g/mol. The summed E-state index contributed by atoms with van der Waals surface area (Å²) in [6, 6.07) is 16.5. The largest absolute Gasteiger partial charge is 0.494 e. The van der Waals surface area contributed by atoms with Crippen molar-refractivity contribution in [2.75, 3.05) is 18.1 Å². The van der Waals surface area contributed by atoms with Crippen molar-refractivity contribution >= 4 is 15.7 Å². The molecular weight excluding hydrogens is 440 g/mol. The molecular formula is C25H28N2O5S. The first kappa shape index (κ1) is 23.0. The van der Waals surface area contributed by atoms with Gasteiger partial charge in [-0.15, -0.1) is 0 Å². The van der Waals surface area contributed by atoms with E-state index in [1.165, 1.54) is 0 Å². The van der Waals surface area contributed by atoms with Crippen molar-refractivity contribution in [1.29, 1.82) is 0 Å². The van der Waals surface area contributed by atoms with Crippen LogP contribution in [-0.2, 0) is 16.4 Å². The van der Waals surface area contributed by atoms with Crippen LogP contribution in [0.25, 0.3) is 11.3 Å². The Bertz CT molecular complexity index is 1200. The number of rotatable bonds is 8. The fourth-order valence-corrected chi connectivity index (χ4v) is 5.60. The van der Waals surface area contributed by atoms with Crippen LogP contribution in [0.3, 0.4) is 0 Å². The van der Waals surface area contributed by atoms with Crippen LogP contribution >= 0.6 is 0 Å². The van der Waals surface area contributed by atoms with E-state index in [4.69, 9.17) is 9.26 Å². The van der Waals surface area contributed by atoms with Gasteiger partial charge in [-0.25, -0.2) is 8.42 Å². The summed E-state index contributed by atoms with van der Waals surface area (Å²) in [7, 11) is -3.17. The summed E-state index contributed by atoms with van der Waals surface area (Å²) < 4.78 is 35.3. The van der Waals surface area contributed by atoms with Gasteiger partial charge in [0, 0.05) is 24.2 Å². The van der Waals surface area contributed by atoms with E-state index in [-0.39, 0.29) is 29.7 Å². The number of hydrogen-bond acceptors (Lipinski definition) is 6. The highest BCUT2D eigenvalue weighted by molar-refractivity contribution is 7.91. The molecule has 0 aliphatic carbocycles. The minimum absolute atomic E-state index is 0.0426. The van der Waals surface area contributed by atoms with Gasteiger partial charge in [-0.1, -0.05) is 54.0 Å². The lowest BCUT2D eigenvalue weighted by Gasteiger charge is -2.27. The van der Waals surface area contributed by atoms with E-state index in [0.29, 0.717) is 18.8 Å². The first-order chi connectivity index (χ1) is 15.8. The van der Waals surface area contributed by atoms with Crippen molar-refractivity contribution in [3.63, 3.8) is 0 Å². The number of amides is 1. The Morgan fingerprint density at radius 1 is 1.15 bits per heavy atom. The second kappa shape index (κ2) is 9.79. The van der Waals surface area contributed by atoms with E-state index >= 15 is 0 Å². The SMILES string of the molecule is CCCOc1ccc(CN(C(=O)c2cc(-c3ccc(C)cc3)on2)[C@H]2CCS(=O)(=O)C2)cc1. The molecule has 1 fully saturated rings. The Balaban J connectivity index is 1.57. The molecule has 0 bridgehead atoms. The Hall–Kier alpha value is -3.13. The average Bonchev–Trinajstić information content (AvgIpc) is 3.43. The molecule has 1 atom stereocenters. The Labute approximate surface area is 194 Å². The zero-order valence-corrected chi connectivity index (χ0v) is 19.7. The van der Waals surface area contributed by atoms with Crippen LogP contribution in [0, 0.1) is 6.92 Å². The van der Waals surface area contributed by atoms with Crippen molar-refractivity contribution in [3.05, 3.63) is 71.4 Å². The number of benzene rings is 2. The van der Waals surface area contributed by atoms with Gasteiger partial charge in [0.1, 0.15) is 5.75 Å². The number of sulfone groups is 1. The quantitative estimate of drug-likeness (QED) is 0.491. The maximum Gasteiger partial charge on any atom is 0.276 e. The molecule has 1 saturated heterocycles. The summed E-state index contributed by atoms with van der Waals surface area (Å²) in [5.41, 5.74) is 3.00. The lowest BCUT2D eigenvalue weighted by Crippen LogP contribution is -2.40. The minimum atomic E-state index is -3.17. The predicted octanol–water partition coefficient (Wildman–Crippen LogP) is 4.27. The summed E-state index contributed by atoms with van der Waals surface area (Å²) in [6.07, 6.45) is 1.33. The average molecular weight is 469 g/mol. The fourth-order valence-electron chi connectivity index (χ4n) is 3.87. The van der Waals surface area contributed by atoms with Gasteiger partial charge in [0.15, 0.2) is 21.3 Å². The molecule has 2 aromatic carbocycles. The smallest absolute Gasteiger partial charge is 0.276 e. The number of aromatic nitrogens is 1. The van der Waals surface area contributed by atoms with E-state index in [2.05, 4.69) is 5.16 Å². The number of hydrogen-bond donors (Lipinski definition) is 0. The number of carbonyl (C=O) groups excluding carboxylic acids is 1. The highest BCUT2D eigenvalue weighted by Gasteiger charge is 2.36. The van der Waals surface area contributed by atoms with Crippen molar-refractivity contribution in [3.8, 4) is 17.1 Å². The molecule has 0 radical (unpaired) electrons. The van der Waals surface area contributed by atoms with Crippen LogP contribution < -0.4 is 4.74 Å². The van der Waals surface area contributed by atoms with Gasteiger partial charge < -0.3 is 14.2 Å². The van der Waals surface area contributed by atoms with Crippen LogP contribution in [0.4, 0.5) is 0 Å². The lowest BCUT2D eigenvalue weighted by atomic mass is 10.1. The number of nitrogens with zero attached hydrogens (tertiary/aromatic N) is 2. The van der Waals surface area contributed by atoms with E-state index in [0.717, 1.165) is 28.9 Å². The number of carbonyl (C=O) groups is 1. The standard InChI is InChI=1S/C25H28N2O5S/c1-3-13-31-22-10-6-19(7-11-22)16-27(21-12-14-33(29,30)17-21)25(28)23-15-24(32-26-23)20-8-4-18(2)5-9-20/h4-11,15,21H,3,12-14,16-17H2,1-2H3/t21-/m0/s1. The molecule has 1 amide bonds. The minimum Gasteiger partial charge on any atom is -0.494 e. The molecule has 7 nitrogen and oxygen atoms in total. The number of aryl methyl sites for hydroxylation is 1. The van der Waals surface area contributed by atoms with Gasteiger partial charge in [-0.3, -0.25) is 4.79 Å². The molecule has 174 valence electrons. The van der Waals surface area contributed by atoms with Gasteiger partial charge in [-0.05, 0) is 37.5 Å². The van der Waals surface area contributed by atoms with Crippen LogP contribution in [0.15, 0.2) is 59.1 Å². The maximum atomic E-state index is 13.4. The van der Waals surface area contributed by atoms with Gasteiger partial charge in [0.25, 0.3) is 5.91 Å². The third-order valence-electron chi connectivity index (χ3n) is 5.72. The normalized spacial score (nSPS) is 17.1. The Morgan fingerprint density at radius 3 is 2.52 bits per heavy atom. The molecule has 0 spiro atoms. The second-order valence-electron chi connectivity index (χ2n) is 8.42. The third kappa shape index (κ3) is 5.63. The van der Waals surface area contributed by atoms with Gasteiger partial charge >= 0.3 is 0 Å². The molecule has 0 N–H and O–H groups in total. The Morgan fingerprint density at radius 2 is 1.88 bits per heavy atom. The first-order valence-corrected chi connectivity index (χ1v) is 12.9. The van der Waals surface area contributed by atoms with E-state index in [1.54, 1.807) is 11.0 Å². The zero-order valence-electron chi connectivity index (χ0n) is 18.9. The predicted molar refractivity (Wildman–Crippen MR) is 126 cm³/mol. The van der Waals surface area contributed by atoms with Crippen molar-refractivity contribution in [2.24, 2.45) is 0 Å². The van der Waals surface area contributed by atoms with Gasteiger partial charge in [0.05, 0.1) is 18.1 Å². The molecule has 1 aliphatic heterocycles. The van der Waals surface area contributed by atoms with Crippen molar-refractivity contribution < 1.29 is 22.5 Å². The summed E-state index contributed by atoms with van der Waals surface area (Å²) in [4.78, 5) is 15.0. The van der Waals surface area contributed by atoms with E-state index in [9.17, 15) is 13.2 Å². The zero-order chi connectivity index (χ0) is 23.4. The van der Waals surface area contributed by atoms with Crippen molar-refractivity contribution in [1.82, 2.24) is 10.1 Å². The van der Waals surface area contributed by atoms with Crippen LogP contribution in [0.5, 0.6) is 5.75 Å². The van der Waals surface area contributed by atoms with Crippen LogP contribution in [0.1, 0.15) is 41.4 Å².